The molecule has 1 aliphatic heterocycles. The number of para-hydroxylation sites is 1. The number of hydrogen-bond donors (Lipinski definition) is 2. The Morgan fingerprint density at radius 3 is 2.17 bits per heavy atom. The number of carbonyl (C=O) groups excluding carboxylic acids is 1. The molecule has 252 valence electrons. The average molecular weight is 658 g/mol. The van der Waals surface area contributed by atoms with Crippen LogP contribution in [0.25, 0.3) is 0 Å². The van der Waals surface area contributed by atoms with Gasteiger partial charge in [0.2, 0.25) is 0 Å². The van der Waals surface area contributed by atoms with Gasteiger partial charge in [-0.25, -0.2) is 4.21 Å². The van der Waals surface area contributed by atoms with Crippen molar-refractivity contribution in [3.8, 4) is 5.75 Å². The third-order valence-corrected chi connectivity index (χ3v) is 11.9. The van der Waals surface area contributed by atoms with E-state index in [-0.39, 0.29) is 24.0 Å². The highest BCUT2D eigenvalue weighted by atomic mass is 32.2. The van der Waals surface area contributed by atoms with Crippen molar-refractivity contribution in [1.29, 1.82) is 0 Å². The monoisotopic (exact) mass is 657 g/mol. The van der Waals surface area contributed by atoms with E-state index in [1.54, 1.807) is 13.2 Å². The van der Waals surface area contributed by atoms with Gasteiger partial charge in [-0.3, -0.25) is 9.69 Å². The van der Waals surface area contributed by atoms with Crippen molar-refractivity contribution in [2.45, 2.75) is 118 Å². The summed E-state index contributed by atoms with van der Waals surface area (Å²) in [6.45, 7) is 3.39. The second kappa shape index (κ2) is 15.8. The summed E-state index contributed by atoms with van der Waals surface area (Å²) in [4.78, 5) is 20.6. The molecule has 3 aromatic carbocycles. The fourth-order valence-corrected chi connectivity index (χ4v) is 9.19. The maximum atomic E-state index is 15.3. The molecular weight excluding hydrogens is 607 g/mol. The molecule has 1 saturated heterocycles. The Morgan fingerprint density at radius 2 is 1.55 bits per heavy atom. The molecule has 3 aliphatic rings. The maximum Gasteiger partial charge on any atom is 0.256 e. The Hall–Kier alpha value is -3.20. The van der Waals surface area contributed by atoms with E-state index in [1.165, 1.54) is 12.8 Å². The first-order chi connectivity index (χ1) is 22.9. The van der Waals surface area contributed by atoms with Crippen molar-refractivity contribution in [1.82, 2.24) is 9.80 Å². The Kier molecular flexibility index (Phi) is 11.3. The fraction of sp³-hybridized carbons (Fsp3) is 0.513. The van der Waals surface area contributed by atoms with Crippen LogP contribution in [0.15, 0.2) is 76.5 Å². The Labute approximate surface area is 283 Å². The van der Waals surface area contributed by atoms with Gasteiger partial charge >= 0.3 is 0 Å². The quantitative estimate of drug-likeness (QED) is 0.219. The lowest BCUT2D eigenvalue weighted by atomic mass is 9.87. The summed E-state index contributed by atoms with van der Waals surface area (Å²) in [5.41, 5.74) is 2.99. The second-order valence-corrected chi connectivity index (χ2v) is 15.1. The van der Waals surface area contributed by atoms with Crippen LogP contribution in [0.2, 0.25) is 0 Å². The number of nitrogens with one attached hydrogen (secondary N) is 1. The number of hydrogen-bond acceptors (Lipinski definition) is 6. The highest BCUT2D eigenvalue weighted by Crippen LogP contribution is 2.39. The molecule has 3 aromatic rings. The molecular formula is C39H51N3O4S. The number of likely N-dealkylation sites (tertiary alicyclic amines) is 1. The van der Waals surface area contributed by atoms with Gasteiger partial charge in [0.1, 0.15) is 12.0 Å². The molecule has 7 nitrogen and oxygen atoms in total. The standard InChI is InChI=1S/C39H51N3O4S/c1-28-20-22-34(23-21-28)47(45)36-26-33(46-2)25-35(38(43)41-24-12-19-32(41)27-40-29-13-6-3-7-14-29)37(36)39(44)42(30-15-8-4-9-16-30)31-17-10-5-11-18-31/h3,6-7,13-14,20-23,25-26,30-32,38,40,43H,4-5,8-12,15-19,24,27H2,1-2H3/t32-,38?,47+/m1/s1. The number of methoxy groups -OCH3 is 1. The van der Waals surface area contributed by atoms with Gasteiger partial charge in [0, 0.05) is 47.4 Å². The van der Waals surface area contributed by atoms with Crippen LogP contribution in [0.5, 0.6) is 5.75 Å². The number of nitrogens with zero attached hydrogens (tertiary/aromatic N) is 2. The summed E-state index contributed by atoms with van der Waals surface area (Å²) in [7, 11) is -0.0727. The first kappa shape index (κ1) is 33.7. The minimum absolute atomic E-state index is 0.0678. The molecule has 47 heavy (non-hydrogen) atoms. The SMILES string of the molecule is COc1cc(C(O)N2CCC[C@@H]2CNc2ccccc2)c(C(=O)N(C2CCCCC2)C2CCCCC2)c([S@@](=O)c2ccc(C)cc2)c1. The molecule has 1 amide bonds. The Bertz CT molecular complexity index is 1480. The molecule has 3 atom stereocenters. The number of anilines is 1. The second-order valence-electron chi connectivity index (χ2n) is 13.6. The predicted molar refractivity (Wildman–Crippen MR) is 188 cm³/mol. The van der Waals surface area contributed by atoms with E-state index < -0.39 is 17.0 Å². The van der Waals surface area contributed by atoms with Gasteiger partial charge in [-0.05, 0) is 81.8 Å². The predicted octanol–water partition coefficient (Wildman–Crippen LogP) is 7.85. The summed E-state index contributed by atoms with van der Waals surface area (Å²) < 4.78 is 20.3. The third kappa shape index (κ3) is 7.76. The van der Waals surface area contributed by atoms with Crippen LogP contribution < -0.4 is 10.1 Å². The Morgan fingerprint density at radius 1 is 0.915 bits per heavy atom. The van der Waals surface area contributed by atoms with E-state index in [9.17, 15) is 9.32 Å². The summed E-state index contributed by atoms with van der Waals surface area (Å²) in [5, 5.41) is 15.9. The number of aliphatic hydroxyl groups is 1. The first-order valence-electron chi connectivity index (χ1n) is 17.7. The summed E-state index contributed by atoms with van der Waals surface area (Å²) in [6.07, 6.45) is 11.7. The minimum Gasteiger partial charge on any atom is -0.497 e. The molecule has 2 N–H and O–H groups in total. The normalized spacial score (nSPS) is 20.9. The largest absolute Gasteiger partial charge is 0.497 e. The number of aliphatic hydroxyl groups excluding tert-OH is 1. The van der Waals surface area contributed by atoms with Crippen LogP contribution in [0.4, 0.5) is 5.69 Å². The molecule has 3 fully saturated rings. The van der Waals surface area contributed by atoms with E-state index >= 15 is 4.79 Å². The van der Waals surface area contributed by atoms with Gasteiger partial charge in [-0.15, -0.1) is 0 Å². The highest BCUT2D eigenvalue weighted by Gasteiger charge is 2.39. The molecule has 2 aliphatic carbocycles. The fourth-order valence-electron chi connectivity index (χ4n) is 7.94. The number of ether oxygens (including phenoxy) is 1. The minimum atomic E-state index is -1.66. The van der Waals surface area contributed by atoms with Crippen molar-refractivity contribution in [2.24, 2.45) is 0 Å². The molecule has 1 unspecified atom stereocenters. The van der Waals surface area contributed by atoms with Crippen LogP contribution in [-0.2, 0) is 10.8 Å². The van der Waals surface area contributed by atoms with Gasteiger partial charge < -0.3 is 20.1 Å². The van der Waals surface area contributed by atoms with Gasteiger partial charge in [0.05, 0.1) is 28.4 Å². The molecule has 1 heterocycles. The summed E-state index contributed by atoms with van der Waals surface area (Å²) >= 11 is 0. The van der Waals surface area contributed by atoms with E-state index in [1.807, 2.05) is 67.6 Å². The molecule has 0 bridgehead atoms. The molecule has 6 rings (SSSR count). The van der Waals surface area contributed by atoms with Crippen molar-refractivity contribution >= 4 is 22.4 Å². The van der Waals surface area contributed by atoms with Crippen LogP contribution in [0.1, 0.15) is 105 Å². The van der Waals surface area contributed by atoms with E-state index in [2.05, 4.69) is 15.1 Å². The van der Waals surface area contributed by atoms with Crippen molar-refractivity contribution in [3.05, 3.63) is 83.4 Å². The van der Waals surface area contributed by atoms with Crippen LogP contribution >= 0.6 is 0 Å². The molecule has 0 aromatic heterocycles. The van der Waals surface area contributed by atoms with Crippen LogP contribution in [-0.4, -0.2) is 63.3 Å². The highest BCUT2D eigenvalue weighted by molar-refractivity contribution is 7.85. The van der Waals surface area contributed by atoms with E-state index in [4.69, 9.17) is 4.74 Å². The number of aryl methyl sites for hydroxylation is 1. The van der Waals surface area contributed by atoms with Crippen molar-refractivity contribution in [2.75, 3.05) is 25.5 Å². The lowest BCUT2D eigenvalue weighted by molar-refractivity contribution is -0.00582. The van der Waals surface area contributed by atoms with Gasteiger partial charge in [-0.1, -0.05) is 74.4 Å². The lowest BCUT2D eigenvalue weighted by Gasteiger charge is -2.42. The van der Waals surface area contributed by atoms with Gasteiger partial charge in [-0.2, -0.15) is 0 Å². The number of amides is 1. The number of carbonyl (C=O) groups is 1. The smallest absolute Gasteiger partial charge is 0.256 e. The zero-order chi connectivity index (χ0) is 32.8. The number of rotatable bonds is 11. The van der Waals surface area contributed by atoms with Crippen molar-refractivity contribution < 1.29 is 18.8 Å². The molecule has 0 radical (unpaired) electrons. The molecule has 2 saturated carbocycles. The van der Waals surface area contributed by atoms with E-state index in [0.717, 1.165) is 75.5 Å². The van der Waals surface area contributed by atoms with Crippen LogP contribution in [0, 0.1) is 6.92 Å². The van der Waals surface area contributed by atoms with Crippen molar-refractivity contribution in [3.63, 3.8) is 0 Å². The van der Waals surface area contributed by atoms with Crippen LogP contribution in [0.3, 0.4) is 0 Å². The van der Waals surface area contributed by atoms with E-state index in [0.29, 0.717) is 39.8 Å². The van der Waals surface area contributed by atoms with Gasteiger partial charge in [0.25, 0.3) is 5.91 Å². The average Bonchev–Trinajstić information content (AvgIpc) is 3.60. The molecule has 0 spiro atoms. The third-order valence-electron chi connectivity index (χ3n) is 10.5. The zero-order valence-corrected chi connectivity index (χ0v) is 28.9. The summed E-state index contributed by atoms with van der Waals surface area (Å²) in [6, 6.07) is 21.7. The zero-order valence-electron chi connectivity index (χ0n) is 28.0. The molecule has 8 heteroatoms. The topological polar surface area (TPSA) is 82.1 Å². The van der Waals surface area contributed by atoms with Gasteiger partial charge in [0.15, 0.2) is 0 Å². The number of benzene rings is 3. The summed E-state index contributed by atoms with van der Waals surface area (Å²) in [5.74, 6) is 0.403. The lowest BCUT2D eigenvalue weighted by Crippen LogP contribution is -2.49. The first-order valence-corrected chi connectivity index (χ1v) is 18.9. The Balaban J connectivity index is 1.44. The maximum absolute atomic E-state index is 15.3.